The number of anilines is 3. The van der Waals surface area contributed by atoms with Crippen molar-refractivity contribution >= 4 is 60.9 Å². The Kier molecular flexibility index (Phi) is 7.58. The van der Waals surface area contributed by atoms with E-state index < -0.39 is 0 Å². The highest BCUT2D eigenvalue weighted by atomic mass is 16.3. The van der Waals surface area contributed by atoms with Gasteiger partial charge in [0.2, 0.25) is 0 Å². The van der Waals surface area contributed by atoms with E-state index in [2.05, 4.69) is 195 Å². The Morgan fingerprint density at radius 3 is 1.40 bits per heavy atom. The lowest BCUT2D eigenvalue weighted by atomic mass is 9.81. The van der Waals surface area contributed by atoms with Gasteiger partial charge in [0.1, 0.15) is 22.3 Å². The van der Waals surface area contributed by atoms with Crippen LogP contribution in [0.2, 0.25) is 0 Å². The molecule has 9 aromatic carbocycles. The number of hydrogen-bond donors (Lipinski definition) is 0. The van der Waals surface area contributed by atoms with Crippen LogP contribution in [0.4, 0.5) is 17.1 Å². The quantitative estimate of drug-likeness (QED) is 0.169. The number of furan rings is 2. The molecule has 2 heterocycles. The molecule has 0 N–H and O–H groups in total. The van der Waals surface area contributed by atoms with Gasteiger partial charge in [-0.25, -0.2) is 0 Å². The van der Waals surface area contributed by atoms with Crippen LogP contribution in [-0.2, 0) is 5.41 Å². The molecular weight excluding hydrogens is 731 g/mol. The van der Waals surface area contributed by atoms with Gasteiger partial charge >= 0.3 is 0 Å². The monoisotopic (exact) mass is 769 g/mol. The maximum Gasteiger partial charge on any atom is 0.143 e. The van der Waals surface area contributed by atoms with Crippen molar-refractivity contribution < 1.29 is 8.83 Å². The first-order valence-electron chi connectivity index (χ1n) is 20.7. The number of hydrogen-bond acceptors (Lipinski definition) is 3. The Balaban J connectivity index is 1.03. The van der Waals surface area contributed by atoms with Gasteiger partial charge in [0.05, 0.1) is 0 Å². The van der Waals surface area contributed by atoms with E-state index in [-0.39, 0.29) is 5.41 Å². The molecule has 1 aliphatic rings. The van der Waals surface area contributed by atoms with Gasteiger partial charge in [-0.05, 0) is 99.1 Å². The average molecular weight is 770 g/mol. The molecule has 0 amide bonds. The molecule has 60 heavy (non-hydrogen) atoms. The molecule has 0 saturated heterocycles. The topological polar surface area (TPSA) is 29.5 Å². The summed E-state index contributed by atoms with van der Waals surface area (Å²) >= 11 is 0. The molecule has 0 radical (unpaired) electrons. The summed E-state index contributed by atoms with van der Waals surface area (Å²) in [6, 6.07) is 71.9. The minimum absolute atomic E-state index is 0.214. The van der Waals surface area contributed by atoms with Crippen LogP contribution in [0.3, 0.4) is 0 Å². The second-order valence-electron chi connectivity index (χ2n) is 16.5. The van der Waals surface area contributed by atoms with E-state index in [1.165, 1.54) is 33.4 Å². The Hall–Kier alpha value is -7.62. The third-order valence-corrected chi connectivity index (χ3v) is 12.7. The molecular formula is C57H39NO2. The smallest absolute Gasteiger partial charge is 0.143 e. The standard InChI is InChI=1S/C57H39NO2/c1-57(2)51-34-37(36-14-4-3-5-15-36)28-30-45(51)46-31-29-42(35-52(46)57)58(40-18-10-16-38(32-40)43-22-12-24-49-47-20-6-8-26-53(47)59-55(43)49)41-19-11-17-39(33-41)44-23-13-25-50-48-21-7-9-27-54(48)60-56(44)50/h3-35H,1-2H3. The molecule has 0 saturated carbocycles. The Morgan fingerprint density at radius 2 is 0.800 bits per heavy atom. The lowest BCUT2D eigenvalue weighted by molar-refractivity contribution is 0.660. The minimum Gasteiger partial charge on any atom is -0.455 e. The van der Waals surface area contributed by atoms with Gasteiger partial charge in [0.15, 0.2) is 0 Å². The molecule has 0 bridgehead atoms. The van der Waals surface area contributed by atoms with Gasteiger partial charge in [-0.1, -0.05) is 159 Å². The largest absolute Gasteiger partial charge is 0.455 e. The predicted molar refractivity (Wildman–Crippen MR) is 250 cm³/mol. The molecule has 284 valence electrons. The van der Waals surface area contributed by atoms with Crippen molar-refractivity contribution in [3.05, 3.63) is 211 Å². The van der Waals surface area contributed by atoms with Crippen molar-refractivity contribution in [3.8, 4) is 44.5 Å². The highest BCUT2D eigenvalue weighted by Gasteiger charge is 2.36. The van der Waals surface area contributed by atoms with Crippen LogP contribution >= 0.6 is 0 Å². The van der Waals surface area contributed by atoms with Gasteiger partial charge in [-0.2, -0.15) is 0 Å². The normalized spacial score (nSPS) is 13.0. The van der Waals surface area contributed by atoms with Crippen LogP contribution in [0, 0.1) is 0 Å². The minimum atomic E-state index is -0.214. The summed E-state index contributed by atoms with van der Waals surface area (Å²) < 4.78 is 13.1. The summed E-state index contributed by atoms with van der Waals surface area (Å²) in [5.41, 5.74) is 18.6. The van der Waals surface area contributed by atoms with Crippen molar-refractivity contribution in [1.29, 1.82) is 0 Å². The first-order valence-corrected chi connectivity index (χ1v) is 20.7. The molecule has 0 atom stereocenters. The lowest BCUT2D eigenvalue weighted by Crippen LogP contribution is -2.16. The highest BCUT2D eigenvalue weighted by molar-refractivity contribution is 6.11. The van der Waals surface area contributed by atoms with E-state index >= 15 is 0 Å². The van der Waals surface area contributed by atoms with E-state index in [1.54, 1.807) is 0 Å². The maximum absolute atomic E-state index is 6.55. The van der Waals surface area contributed by atoms with Crippen molar-refractivity contribution in [3.63, 3.8) is 0 Å². The van der Waals surface area contributed by atoms with Gasteiger partial charge in [-0.3, -0.25) is 0 Å². The van der Waals surface area contributed by atoms with Crippen molar-refractivity contribution in [2.24, 2.45) is 0 Å². The Labute approximate surface area is 348 Å². The molecule has 11 aromatic rings. The van der Waals surface area contributed by atoms with Crippen LogP contribution in [0.1, 0.15) is 25.0 Å². The Morgan fingerprint density at radius 1 is 0.333 bits per heavy atom. The first-order chi connectivity index (χ1) is 29.5. The SMILES string of the molecule is CC1(C)c2cc(-c3ccccc3)ccc2-c2ccc(N(c3cccc(-c4cccc5c4oc4ccccc45)c3)c3cccc(-c4cccc5c4oc4ccccc45)c3)cc21. The van der Waals surface area contributed by atoms with Crippen LogP contribution in [0.5, 0.6) is 0 Å². The van der Waals surface area contributed by atoms with Crippen LogP contribution in [-0.4, -0.2) is 0 Å². The van der Waals surface area contributed by atoms with Gasteiger partial charge in [0.25, 0.3) is 0 Å². The number of rotatable bonds is 6. The Bertz CT molecular complexity index is 3320. The summed E-state index contributed by atoms with van der Waals surface area (Å²) in [6.45, 7) is 4.73. The molecule has 0 aliphatic heterocycles. The van der Waals surface area contributed by atoms with E-state index in [0.29, 0.717) is 0 Å². The van der Waals surface area contributed by atoms with Crippen molar-refractivity contribution in [1.82, 2.24) is 0 Å². The summed E-state index contributed by atoms with van der Waals surface area (Å²) in [7, 11) is 0. The zero-order valence-corrected chi connectivity index (χ0v) is 33.3. The second kappa shape index (κ2) is 13.2. The van der Waals surface area contributed by atoms with E-state index in [0.717, 1.165) is 83.2 Å². The van der Waals surface area contributed by atoms with Gasteiger partial charge < -0.3 is 13.7 Å². The fourth-order valence-electron chi connectivity index (χ4n) is 9.70. The summed E-state index contributed by atoms with van der Waals surface area (Å²) in [5, 5.41) is 4.49. The number of fused-ring (bicyclic) bond motifs is 9. The fraction of sp³-hybridized carbons (Fsp3) is 0.0526. The van der Waals surface area contributed by atoms with Crippen molar-refractivity contribution in [2.75, 3.05) is 4.90 Å². The first kappa shape index (κ1) is 34.4. The summed E-state index contributed by atoms with van der Waals surface area (Å²) in [6.07, 6.45) is 0. The molecule has 0 spiro atoms. The molecule has 3 nitrogen and oxygen atoms in total. The van der Waals surface area contributed by atoms with E-state index in [1.807, 2.05) is 24.3 Å². The number of benzene rings is 9. The van der Waals surface area contributed by atoms with Crippen LogP contribution in [0.15, 0.2) is 209 Å². The average Bonchev–Trinajstić information content (AvgIpc) is 3.94. The number of para-hydroxylation sites is 4. The van der Waals surface area contributed by atoms with E-state index in [4.69, 9.17) is 8.83 Å². The second-order valence-corrected chi connectivity index (χ2v) is 16.5. The third kappa shape index (κ3) is 5.29. The molecule has 1 aliphatic carbocycles. The zero-order chi connectivity index (χ0) is 40.0. The molecule has 2 aromatic heterocycles. The van der Waals surface area contributed by atoms with Gasteiger partial charge in [-0.15, -0.1) is 0 Å². The van der Waals surface area contributed by atoms with Crippen LogP contribution in [0.25, 0.3) is 88.4 Å². The lowest BCUT2D eigenvalue weighted by Gasteiger charge is -2.29. The number of nitrogens with zero attached hydrogens (tertiary/aromatic N) is 1. The zero-order valence-electron chi connectivity index (χ0n) is 33.3. The maximum atomic E-state index is 6.55. The molecule has 12 rings (SSSR count). The summed E-state index contributed by atoms with van der Waals surface area (Å²) in [5.74, 6) is 0. The van der Waals surface area contributed by atoms with E-state index in [9.17, 15) is 0 Å². The third-order valence-electron chi connectivity index (χ3n) is 12.7. The van der Waals surface area contributed by atoms with Crippen molar-refractivity contribution in [2.45, 2.75) is 19.3 Å². The predicted octanol–water partition coefficient (Wildman–Crippen LogP) is 16.3. The summed E-state index contributed by atoms with van der Waals surface area (Å²) in [4.78, 5) is 2.40. The fourth-order valence-corrected chi connectivity index (χ4v) is 9.70. The highest BCUT2D eigenvalue weighted by Crippen LogP contribution is 2.52. The molecule has 3 heteroatoms. The van der Waals surface area contributed by atoms with Gasteiger partial charge in [0, 0.05) is 55.1 Å². The molecule has 0 fully saturated rings. The molecule has 0 unspecified atom stereocenters. The van der Waals surface area contributed by atoms with Crippen LogP contribution < -0.4 is 4.90 Å².